The van der Waals surface area contributed by atoms with Crippen molar-refractivity contribution in [1.29, 1.82) is 0 Å². The van der Waals surface area contributed by atoms with Crippen LogP contribution in [0.3, 0.4) is 0 Å². The predicted molar refractivity (Wildman–Crippen MR) is 248 cm³/mol. The molecule has 12 rings (SSSR count). The summed E-state index contributed by atoms with van der Waals surface area (Å²) in [6.07, 6.45) is 13.6. The van der Waals surface area contributed by atoms with Crippen molar-refractivity contribution in [3.8, 4) is 22.5 Å². The molecule has 2 unspecified atom stereocenters. The number of benzene rings is 7. The average Bonchev–Trinajstić information content (AvgIpc) is 3.95. The van der Waals surface area contributed by atoms with E-state index in [0.29, 0.717) is 5.92 Å². The van der Waals surface area contributed by atoms with Crippen molar-refractivity contribution < 1.29 is 4.42 Å². The Morgan fingerprint density at radius 1 is 0.559 bits per heavy atom. The van der Waals surface area contributed by atoms with Crippen molar-refractivity contribution in [1.82, 2.24) is 9.13 Å². The van der Waals surface area contributed by atoms with Gasteiger partial charge in [-0.25, -0.2) is 0 Å². The molecule has 0 N–H and O–H groups in total. The Labute approximate surface area is 343 Å². The van der Waals surface area contributed by atoms with Crippen LogP contribution >= 0.6 is 0 Å². The van der Waals surface area contributed by atoms with Gasteiger partial charge in [-0.1, -0.05) is 147 Å². The zero-order chi connectivity index (χ0) is 39.2. The van der Waals surface area contributed by atoms with Gasteiger partial charge in [-0.05, 0) is 95.3 Å². The zero-order valence-corrected chi connectivity index (χ0v) is 33.2. The first-order valence-corrected chi connectivity index (χ1v) is 20.9. The molecule has 3 heteroatoms. The van der Waals surface area contributed by atoms with Crippen molar-refractivity contribution in [3.05, 3.63) is 204 Å². The van der Waals surface area contributed by atoms with Crippen molar-refractivity contribution in [2.24, 2.45) is 0 Å². The van der Waals surface area contributed by atoms with E-state index in [1.807, 2.05) is 0 Å². The second kappa shape index (κ2) is 13.0. The monoisotopic (exact) mass is 758 g/mol. The fourth-order valence-corrected chi connectivity index (χ4v) is 9.99. The van der Waals surface area contributed by atoms with Crippen molar-refractivity contribution in [3.63, 3.8) is 0 Å². The number of para-hydroxylation sites is 3. The van der Waals surface area contributed by atoms with Gasteiger partial charge in [-0.3, -0.25) is 0 Å². The number of aromatic nitrogens is 2. The lowest BCUT2D eigenvalue weighted by atomic mass is 9.75. The number of furan rings is 1. The van der Waals surface area contributed by atoms with Gasteiger partial charge in [0, 0.05) is 49.5 Å². The van der Waals surface area contributed by atoms with Crippen LogP contribution in [0.4, 0.5) is 0 Å². The van der Waals surface area contributed by atoms with Crippen LogP contribution in [0, 0.1) is 0 Å². The maximum absolute atomic E-state index is 6.73. The molecule has 7 aromatic carbocycles. The third-order valence-electron chi connectivity index (χ3n) is 13.2. The van der Waals surface area contributed by atoms with E-state index in [4.69, 9.17) is 4.42 Å². The van der Waals surface area contributed by atoms with Gasteiger partial charge in [0.1, 0.15) is 5.76 Å². The van der Waals surface area contributed by atoms with Gasteiger partial charge < -0.3 is 13.6 Å². The smallest absolute Gasteiger partial charge is 0.158 e. The van der Waals surface area contributed by atoms with E-state index in [9.17, 15) is 0 Å². The number of hydrogen-bond acceptors (Lipinski definition) is 1. The minimum absolute atomic E-state index is 0.145. The van der Waals surface area contributed by atoms with E-state index in [1.165, 1.54) is 88.1 Å². The van der Waals surface area contributed by atoms with Gasteiger partial charge in [0.2, 0.25) is 0 Å². The molecule has 0 fully saturated rings. The lowest BCUT2D eigenvalue weighted by molar-refractivity contribution is 0.503. The maximum Gasteiger partial charge on any atom is 0.158 e. The molecule has 3 heterocycles. The van der Waals surface area contributed by atoms with Crippen molar-refractivity contribution in [2.75, 3.05) is 0 Å². The molecule has 2 atom stereocenters. The first-order valence-electron chi connectivity index (χ1n) is 20.9. The molecule has 2 aliphatic carbocycles. The highest BCUT2D eigenvalue weighted by atomic mass is 16.3. The minimum atomic E-state index is -0.145. The van der Waals surface area contributed by atoms with Gasteiger partial charge in [-0.2, -0.15) is 0 Å². The predicted octanol–water partition coefficient (Wildman–Crippen LogP) is 15.1. The summed E-state index contributed by atoms with van der Waals surface area (Å²) in [6, 6.07) is 57.8. The molecule has 0 saturated carbocycles. The summed E-state index contributed by atoms with van der Waals surface area (Å²) in [7, 11) is 0. The molecular formula is C56H42N2O. The Balaban J connectivity index is 0.908. The summed E-state index contributed by atoms with van der Waals surface area (Å²) in [6.45, 7) is 4.64. The molecule has 2 aliphatic rings. The van der Waals surface area contributed by atoms with Crippen LogP contribution in [-0.2, 0) is 5.41 Å². The van der Waals surface area contributed by atoms with E-state index >= 15 is 0 Å². The highest BCUT2D eigenvalue weighted by Crippen LogP contribution is 2.44. The molecule has 0 radical (unpaired) electrons. The Kier molecular flexibility index (Phi) is 7.46. The Morgan fingerprint density at radius 2 is 1.24 bits per heavy atom. The van der Waals surface area contributed by atoms with Crippen LogP contribution < -0.4 is 0 Å². The van der Waals surface area contributed by atoms with Crippen LogP contribution in [0.1, 0.15) is 55.1 Å². The summed E-state index contributed by atoms with van der Waals surface area (Å²) in [5.41, 5.74) is 15.4. The average molecular weight is 759 g/mol. The standard InChI is InChI=1S/C56H42N2O/c1-36-13-10-20-45-46-21-12-24-53(55(46)59-54(36)45)58-50-23-9-7-19-44(50)48-35-41(26-28-52(48)58)56(2)31-29-38(30-32-56)40-25-27-51-47(34-40)43-18-6-8-22-49(43)57(51)42-17-11-16-39(33-42)37-14-4-3-5-15-37/h3-12,14-31,33-36H,13,32H2,1-2H3. The molecule has 0 bridgehead atoms. The first kappa shape index (κ1) is 34.0. The fourth-order valence-electron chi connectivity index (χ4n) is 9.99. The van der Waals surface area contributed by atoms with Crippen molar-refractivity contribution in [2.45, 2.75) is 38.0 Å². The molecule has 282 valence electrons. The third kappa shape index (κ3) is 5.21. The lowest BCUT2D eigenvalue weighted by Crippen LogP contribution is -2.20. The van der Waals surface area contributed by atoms with Gasteiger partial charge in [0.15, 0.2) is 5.58 Å². The Bertz CT molecular complexity index is 3420. The summed E-state index contributed by atoms with van der Waals surface area (Å²) in [5, 5.41) is 6.24. The molecule has 0 saturated heterocycles. The number of hydrogen-bond donors (Lipinski definition) is 0. The van der Waals surface area contributed by atoms with E-state index in [-0.39, 0.29) is 5.41 Å². The van der Waals surface area contributed by atoms with Crippen LogP contribution in [0.15, 0.2) is 186 Å². The molecular weight excluding hydrogens is 717 g/mol. The first-order chi connectivity index (χ1) is 29.0. The number of nitrogens with zero attached hydrogens (tertiary/aromatic N) is 2. The topological polar surface area (TPSA) is 23.0 Å². The Hall–Kier alpha value is -7.10. The summed E-state index contributed by atoms with van der Waals surface area (Å²) >= 11 is 0. The van der Waals surface area contributed by atoms with Gasteiger partial charge in [-0.15, -0.1) is 0 Å². The van der Waals surface area contributed by atoms with Gasteiger partial charge in [0.05, 0.1) is 27.8 Å². The number of rotatable bonds is 5. The largest absolute Gasteiger partial charge is 0.458 e. The van der Waals surface area contributed by atoms with E-state index in [2.05, 4.69) is 211 Å². The quantitative estimate of drug-likeness (QED) is 0.171. The number of fused-ring (bicyclic) bond motifs is 9. The highest BCUT2D eigenvalue weighted by Gasteiger charge is 2.28. The van der Waals surface area contributed by atoms with Crippen LogP contribution in [-0.4, -0.2) is 9.13 Å². The maximum atomic E-state index is 6.73. The molecule has 0 amide bonds. The summed E-state index contributed by atoms with van der Waals surface area (Å²) < 4.78 is 11.6. The van der Waals surface area contributed by atoms with Crippen molar-refractivity contribution >= 4 is 66.2 Å². The number of allylic oxidation sites excluding steroid dienone is 5. The van der Waals surface area contributed by atoms with Gasteiger partial charge in [0.25, 0.3) is 0 Å². The molecule has 3 nitrogen and oxygen atoms in total. The van der Waals surface area contributed by atoms with Crippen LogP contribution in [0.5, 0.6) is 0 Å². The van der Waals surface area contributed by atoms with Crippen LogP contribution in [0.25, 0.3) is 88.7 Å². The lowest BCUT2D eigenvalue weighted by Gasteiger charge is -2.29. The zero-order valence-electron chi connectivity index (χ0n) is 33.2. The normalized spacial score (nSPS) is 17.7. The van der Waals surface area contributed by atoms with E-state index in [0.717, 1.165) is 29.9 Å². The molecule has 3 aromatic heterocycles. The molecule has 10 aromatic rings. The minimum Gasteiger partial charge on any atom is -0.458 e. The summed E-state index contributed by atoms with van der Waals surface area (Å²) in [5.74, 6) is 1.47. The van der Waals surface area contributed by atoms with E-state index in [1.54, 1.807) is 0 Å². The van der Waals surface area contributed by atoms with E-state index < -0.39 is 0 Å². The van der Waals surface area contributed by atoms with Crippen LogP contribution in [0.2, 0.25) is 0 Å². The third-order valence-corrected chi connectivity index (χ3v) is 13.2. The van der Waals surface area contributed by atoms with Gasteiger partial charge >= 0.3 is 0 Å². The summed E-state index contributed by atoms with van der Waals surface area (Å²) in [4.78, 5) is 0. The SMILES string of the molecule is CC1CC=Cc2c1oc1c(-n3c4ccccc4c4cc(C5(C)C=CC(c6ccc7c(c6)c6ccccc6n7-c6cccc(-c7ccccc7)c6)=CC5)ccc43)cccc21. The highest BCUT2D eigenvalue weighted by molar-refractivity contribution is 6.12. The molecule has 0 spiro atoms. The fraction of sp³-hybridized carbons (Fsp3) is 0.107. The molecule has 59 heavy (non-hydrogen) atoms. The molecule has 0 aliphatic heterocycles. The second-order valence-electron chi connectivity index (χ2n) is 16.8. The Morgan fingerprint density at radius 3 is 2.05 bits per heavy atom. The second-order valence-corrected chi connectivity index (χ2v) is 16.8.